The van der Waals surface area contributed by atoms with Crippen LogP contribution in [-0.4, -0.2) is 34.3 Å². The van der Waals surface area contributed by atoms with Crippen molar-refractivity contribution in [2.45, 2.75) is 13.1 Å². The smallest absolute Gasteiger partial charge is 0.416 e. The summed E-state index contributed by atoms with van der Waals surface area (Å²) >= 11 is 6.35. The molecule has 0 atom stereocenters. The maximum Gasteiger partial charge on any atom is 0.416 e. The van der Waals surface area contributed by atoms with Gasteiger partial charge in [-0.25, -0.2) is 9.69 Å². The largest absolute Gasteiger partial charge is 0.490 e. The molecule has 17 heteroatoms. The maximum atomic E-state index is 13.2. The van der Waals surface area contributed by atoms with Gasteiger partial charge in [-0.05, 0) is 55.0 Å². The van der Waals surface area contributed by atoms with Gasteiger partial charge in [-0.1, -0.05) is 11.6 Å². The second-order valence-electron chi connectivity index (χ2n) is 8.53. The molecule has 1 aliphatic heterocycles. The fraction of sp³-hybridized carbons (Fsp3) is 0.115. The molecule has 0 saturated carbocycles. The van der Waals surface area contributed by atoms with Crippen LogP contribution < -0.4 is 19.7 Å². The fourth-order valence-electron chi connectivity index (χ4n) is 3.85. The molecule has 0 radical (unpaired) electrons. The minimum absolute atomic E-state index is 0.00363. The summed E-state index contributed by atoms with van der Waals surface area (Å²) in [6, 6.07) is 7.34. The molecule has 4 amide bonds. The molecule has 1 fully saturated rings. The van der Waals surface area contributed by atoms with Gasteiger partial charge in [-0.15, -0.1) is 0 Å². The SMILES string of the molecule is CCOc1cc(/C=C2\C(=O)NC(=O)N(c3ccc([N+](=O)[O-])cc3)C2=O)cc(Cl)c1Oc1ccc(C(F)(F)F)cc1[N+](=O)[O-]. The number of rotatable bonds is 8. The molecule has 13 nitrogen and oxygen atoms in total. The van der Waals surface area contributed by atoms with E-state index in [0.717, 1.165) is 36.4 Å². The first kappa shape index (κ1) is 30.4. The molecular weight excluding hydrogens is 605 g/mol. The fourth-order valence-corrected chi connectivity index (χ4v) is 4.11. The molecule has 0 bridgehead atoms. The third-order valence-electron chi connectivity index (χ3n) is 5.76. The number of benzene rings is 3. The number of carbonyl (C=O) groups is 3. The number of halogens is 4. The Morgan fingerprint density at radius 1 is 0.977 bits per heavy atom. The van der Waals surface area contributed by atoms with Crippen LogP contribution in [0.25, 0.3) is 6.08 Å². The van der Waals surface area contributed by atoms with Crippen LogP contribution in [0.2, 0.25) is 5.02 Å². The molecule has 1 N–H and O–H groups in total. The second kappa shape index (κ2) is 11.8. The van der Waals surface area contributed by atoms with E-state index in [9.17, 15) is 47.8 Å². The van der Waals surface area contributed by atoms with Crippen LogP contribution >= 0.6 is 11.6 Å². The van der Waals surface area contributed by atoms with Crippen LogP contribution in [0, 0.1) is 20.2 Å². The molecule has 0 spiro atoms. The van der Waals surface area contributed by atoms with E-state index in [4.69, 9.17) is 21.1 Å². The number of imide groups is 2. The number of non-ortho nitro benzene ring substituents is 1. The van der Waals surface area contributed by atoms with Crippen molar-refractivity contribution in [1.29, 1.82) is 0 Å². The summed E-state index contributed by atoms with van der Waals surface area (Å²) < 4.78 is 50.3. The van der Waals surface area contributed by atoms with Gasteiger partial charge in [0.2, 0.25) is 5.75 Å². The number of anilines is 1. The second-order valence-corrected chi connectivity index (χ2v) is 8.94. The van der Waals surface area contributed by atoms with Crippen LogP contribution in [-0.2, 0) is 15.8 Å². The minimum Gasteiger partial charge on any atom is -0.490 e. The first-order chi connectivity index (χ1) is 20.2. The zero-order valence-electron chi connectivity index (χ0n) is 21.5. The number of nitrogens with one attached hydrogen (secondary N) is 1. The highest BCUT2D eigenvalue weighted by molar-refractivity contribution is 6.39. The Morgan fingerprint density at radius 2 is 1.65 bits per heavy atom. The van der Waals surface area contributed by atoms with E-state index in [1.165, 1.54) is 12.1 Å². The molecule has 0 aromatic heterocycles. The Bertz CT molecular complexity index is 1710. The monoisotopic (exact) mass is 620 g/mol. The summed E-state index contributed by atoms with van der Waals surface area (Å²) in [5.74, 6) is -3.18. The highest BCUT2D eigenvalue weighted by Gasteiger charge is 2.37. The van der Waals surface area contributed by atoms with Crippen molar-refractivity contribution in [3.8, 4) is 17.2 Å². The van der Waals surface area contributed by atoms with Crippen LogP contribution in [0.5, 0.6) is 17.2 Å². The van der Waals surface area contributed by atoms with Gasteiger partial charge in [0.25, 0.3) is 17.5 Å². The van der Waals surface area contributed by atoms with Gasteiger partial charge in [0, 0.05) is 18.2 Å². The first-order valence-corrected chi connectivity index (χ1v) is 12.2. The number of barbiturate groups is 1. The van der Waals surface area contributed by atoms with Crippen molar-refractivity contribution < 1.29 is 46.9 Å². The predicted octanol–water partition coefficient (Wildman–Crippen LogP) is 6.03. The molecule has 3 aromatic carbocycles. The van der Waals surface area contributed by atoms with E-state index in [0.29, 0.717) is 17.0 Å². The van der Waals surface area contributed by atoms with Crippen LogP contribution in [0.15, 0.2) is 60.2 Å². The molecule has 4 rings (SSSR count). The topological polar surface area (TPSA) is 171 Å². The Morgan fingerprint density at radius 3 is 2.23 bits per heavy atom. The summed E-state index contributed by atoms with van der Waals surface area (Å²) in [7, 11) is 0. The highest BCUT2D eigenvalue weighted by atomic mass is 35.5. The van der Waals surface area contributed by atoms with Gasteiger partial charge in [0.05, 0.1) is 32.7 Å². The van der Waals surface area contributed by atoms with Gasteiger partial charge in [-0.2, -0.15) is 13.2 Å². The number of nitro benzene ring substituents is 2. The van der Waals surface area contributed by atoms with Crippen molar-refractivity contribution in [2.75, 3.05) is 11.5 Å². The lowest BCUT2D eigenvalue weighted by atomic mass is 10.1. The predicted molar refractivity (Wildman–Crippen MR) is 143 cm³/mol. The van der Waals surface area contributed by atoms with Gasteiger partial charge >= 0.3 is 17.9 Å². The van der Waals surface area contributed by atoms with E-state index in [1.807, 2.05) is 5.32 Å². The molecule has 1 heterocycles. The molecule has 0 aliphatic carbocycles. The third kappa shape index (κ3) is 6.38. The normalized spacial score (nSPS) is 14.5. The van der Waals surface area contributed by atoms with E-state index < -0.39 is 56.4 Å². The van der Waals surface area contributed by atoms with E-state index in [-0.39, 0.29) is 40.1 Å². The lowest BCUT2D eigenvalue weighted by molar-refractivity contribution is -0.385. The number of hydrogen-bond donors (Lipinski definition) is 1. The summed E-state index contributed by atoms with van der Waals surface area (Å²) in [5.41, 5.74) is -3.12. The molecule has 1 saturated heterocycles. The van der Waals surface area contributed by atoms with Crippen LogP contribution in [0.1, 0.15) is 18.1 Å². The number of ether oxygens (including phenoxy) is 2. The Labute approximate surface area is 243 Å². The summed E-state index contributed by atoms with van der Waals surface area (Å²) in [6.07, 6.45) is -3.80. The van der Waals surface area contributed by atoms with Crippen LogP contribution in [0.4, 0.5) is 35.0 Å². The first-order valence-electron chi connectivity index (χ1n) is 11.9. The van der Waals surface area contributed by atoms with E-state index in [1.54, 1.807) is 6.92 Å². The van der Waals surface area contributed by atoms with Gasteiger partial charge in [-0.3, -0.25) is 35.1 Å². The van der Waals surface area contributed by atoms with Gasteiger partial charge < -0.3 is 9.47 Å². The number of hydrogen-bond acceptors (Lipinski definition) is 9. The molecule has 0 unspecified atom stereocenters. The molecule has 3 aromatic rings. The average molecular weight is 621 g/mol. The summed E-state index contributed by atoms with van der Waals surface area (Å²) in [6.45, 7) is 1.57. The minimum atomic E-state index is -4.85. The van der Waals surface area contributed by atoms with Gasteiger partial charge in [0.1, 0.15) is 5.57 Å². The number of nitro groups is 2. The average Bonchev–Trinajstić information content (AvgIpc) is 2.92. The number of urea groups is 1. The van der Waals surface area contributed by atoms with Crippen molar-refractivity contribution in [3.05, 3.63) is 96.5 Å². The van der Waals surface area contributed by atoms with Crippen LogP contribution in [0.3, 0.4) is 0 Å². The zero-order chi connectivity index (χ0) is 31.6. The van der Waals surface area contributed by atoms with Crippen molar-refractivity contribution in [2.24, 2.45) is 0 Å². The summed E-state index contributed by atoms with van der Waals surface area (Å²) in [4.78, 5) is 59.4. The standard InChI is InChI=1S/C26H16ClF3N4O9/c1-2-42-21-11-13(10-18(27)22(21)43-20-8-3-14(26(28,29)30)12-19(20)34(40)41)9-17-23(35)31-25(37)32(24(17)36)15-4-6-16(7-5-15)33(38)39/h3-12H,2H2,1H3,(H,31,35,37)/b17-9+. The third-order valence-corrected chi connectivity index (χ3v) is 6.04. The van der Waals surface area contributed by atoms with Crippen molar-refractivity contribution >= 4 is 52.6 Å². The highest BCUT2D eigenvalue weighted by Crippen LogP contribution is 2.44. The molecule has 222 valence electrons. The Hall–Kier alpha value is -5.51. The van der Waals surface area contributed by atoms with Crippen molar-refractivity contribution in [1.82, 2.24) is 5.32 Å². The Kier molecular flexibility index (Phi) is 8.33. The zero-order valence-corrected chi connectivity index (χ0v) is 22.3. The molecule has 1 aliphatic rings. The summed E-state index contributed by atoms with van der Waals surface area (Å²) in [5, 5.41) is 24.1. The molecule has 43 heavy (non-hydrogen) atoms. The lowest BCUT2D eigenvalue weighted by Crippen LogP contribution is -2.54. The van der Waals surface area contributed by atoms with Gasteiger partial charge in [0.15, 0.2) is 11.5 Å². The van der Waals surface area contributed by atoms with E-state index >= 15 is 0 Å². The lowest BCUT2D eigenvalue weighted by Gasteiger charge is -2.26. The quantitative estimate of drug-likeness (QED) is 0.136. The number of amides is 4. The van der Waals surface area contributed by atoms with E-state index in [2.05, 4.69) is 0 Å². The maximum absolute atomic E-state index is 13.2. The number of nitrogens with zero attached hydrogens (tertiary/aromatic N) is 3. The number of alkyl halides is 3. The molecular formula is C26H16ClF3N4O9. The number of carbonyl (C=O) groups excluding carboxylic acids is 3. The Balaban J connectivity index is 1.73. The van der Waals surface area contributed by atoms with Crippen molar-refractivity contribution in [3.63, 3.8) is 0 Å².